The van der Waals surface area contributed by atoms with E-state index < -0.39 is 25.0 Å². The molecule has 25 heavy (non-hydrogen) atoms. The molecule has 2 rings (SSSR count). The van der Waals surface area contributed by atoms with Crippen molar-refractivity contribution in [3.8, 4) is 11.4 Å². The first-order chi connectivity index (χ1) is 9.88. The SMILES string of the molecule is Nc1nc(-c2csc(N)n2)cs1.O.O=C([O-])CNCC(=O)[O-].[Cl-].[Cr+4].[OH3+]. The van der Waals surface area contributed by atoms with Crippen LogP contribution < -0.4 is 39.4 Å². The average Bonchev–Trinajstić information content (AvgIpc) is 2.98. The van der Waals surface area contributed by atoms with Gasteiger partial charge in [0.05, 0.1) is 11.9 Å². The van der Waals surface area contributed by atoms with E-state index in [1.165, 1.54) is 22.7 Å². The second-order valence-corrected chi connectivity index (χ2v) is 5.27. The smallest absolute Gasteiger partial charge is 1.00 e. The van der Waals surface area contributed by atoms with Gasteiger partial charge in [0.2, 0.25) is 0 Å². The molecule has 10 N–H and O–H groups in total. The Hall–Kier alpha value is -1.50. The van der Waals surface area contributed by atoms with Gasteiger partial charge in [-0.25, -0.2) is 9.97 Å². The molecule has 0 atom stereocenters. The normalized spacial score (nSPS) is 8.16. The molecule has 0 bridgehead atoms. The Morgan fingerprint density at radius 3 is 1.52 bits per heavy atom. The predicted octanol–water partition coefficient (Wildman–Crippen LogP) is -7.24. The van der Waals surface area contributed by atoms with Crippen molar-refractivity contribution in [2.24, 2.45) is 0 Å². The molecule has 140 valence electrons. The first-order valence-electron chi connectivity index (χ1n) is 5.41. The van der Waals surface area contributed by atoms with Crippen LogP contribution in [0.15, 0.2) is 10.8 Å². The first-order valence-corrected chi connectivity index (χ1v) is 7.17. The van der Waals surface area contributed by atoms with Crippen molar-refractivity contribution in [1.82, 2.24) is 15.3 Å². The van der Waals surface area contributed by atoms with Crippen molar-refractivity contribution in [3.05, 3.63) is 10.8 Å². The molecule has 0 aliphatic carbocycles. The van der Waals surface area contributed by atoms with Crippen molar-refractivity contribution in [2.45, 2.75) is 0 Å². The number of nitrogens with zero attached hydrogens (tertiary/aromatic N) is 2. The van der Waals surface area contributed by atoms with E-state index in [2.05, 4.69) is 15.3 Å². The van der Waals surface area contributed by atoms with E-state index in [9.17, 15) is 19.8 Å². The molecule has 0 radical (unpaired) electrons. The number of rotatable bonds is 5. The molecule has 0 spiro atoms. The number of aliphatic carboxylic acids is 2. The van der Waals surface area contributed by atoms with E-state index in [1.54, 1.807) is 0 Å². The minimum atomic E-state index is -1.34. The van der Waals surface area contributed by atoms with E-state index in [-0.39, 0.29) is 40.7 Å². The monoisotopic (exact) mass is 453 g/mol. The van der Waals surface area contributed by atoms with Crippen LogP contribution in [0.4, 0.5) is 10.3 Å². The van der Waals surface area contributed by atoms with Crippen molar-refractivity contribution in [1.29, 1.82) is 0 Å². The van der Waals surface area contributed by atoms with Gasteiger partial charge in [0, 0.05) is 23.8 Å². The second kappa shape index (κ2) is 16.0. The summed E-state index contributed by atoms with van der Waals surface area (Å²) in [5.41, 5.74) is 12.5. The fourth-order valence-electron chi connectivity index (χ4n) is 1.08. The van der Waals surface area contributed by atoms with Crippen LogP contribution in [-0.2, 0) is 32.4 Å². The van der Waals surface area contributed by atoms with E-state index in [4.69, 9.17) is 11.5 Å². The Kier molecular flexibility index (Phi) is 20.0. The molecule has 0 amide bonds. The maximum Gasteiger partial charge on any atom is 4.00 e. The topological polar surface area (TPSA) is 235 Å². The predicted molar refractivity (Wildman–Crippen MR) is 83.4 cm³/mol. The van der Waals surface area contributed by atoms with Gasteiger partial charge in [-0.15, -0.1) is 22.7 Å². The minimum absolute atomic E-state index is 0. The number of carboxylic acid groups (broad SMARTS) is 2. The molecule has 0 saturated carbocycles. The standard InChI is InChI=1S/C6H6N4S2.C4H7NO4.ClH.Cr.2H2O/c7-5-9-3(1-11-5)4-2-12-6(8)10-4;6-3(7)1-5-2-4(8)9;;;;/h1-2H,(H2,7,9)(H2,8,10);5H,1-2H2,(H,6,7)(H,8,9);1H;;2*1H2/q;;;+4;;/p-2. The summed E-state index contributed by atoms with van der Waals surface area (Å²) < 4.78 is 0. The molecule has 2 heterocycles. The van der Waals surface area contributed by atoms with E-state index >= 15 is 0 Å². The zero-order valence-electron chi connectivity index (χ0n) is 12.4. The average molecular weight is 454 g/mol. The van der Waals surface area contributed by atoms with E-state index in [0.717, 1.165) is 11.4 Å². The molecule has 11 nitrogen and oxygen atoms in total. The van der Waals surface area contributed by atoms with E-state index in [1.807, 2.05) is 10.8 Å². The number of carbonyl (C=O) groups is 2. The number of hydrogen-bond acceptors (Lipinski definition) is 11. The summed E-state index contributed by atoms with van der Waals surface area (Å²) in [7, 11) is 0. The number of carbonyl (C=O) groups excluding carboxylic acids is 2. The molecular weight excluding hydrogens is 438 g/mol. The summed E-state index contributed by atoms with van der Waals surface area (Å²) in [5.74, 6) is -2.67. The fraction of sp³-hybridized carbons (Fsp3) is 0.200. The van der Waals surface area contributed by atoms with Gasteiger partial charge in [-0.1, -0.05) is 0 Å². The molecular formula is C10H16ClCrN5O6S2+2. The molecule has 0 aliphatic heterocycles. The molecule has 2 aromatic heterocycles. The Morgan fingerprint density at radius 1 is 1.00 bits per heavy atom. The number of hydrogen-bond donors (Lipinski definition) is 3. The van der Waals surface area contributed by atoms with Crippen LogP contribution >= 0.6 is 22.7 Å². The number of nitrogens with two attached hydrogens (primary N) is 2. The van der Waals surface area contributed by atoms with Gasteiger partial charge in [-0.2, -0.15) is 0 Å². The largest absolute Gasteiger partial charge is 4.00 e. The summed E-state index contributed by atoms with van der Waals surface area (Å²) >= 11 is 2.80. The third-order valence-corrected chi connectivity index (χ3v) is 3.19. The molecule has 0 fully saturated rings. The van der Waals surface area contributed by atoms with Gasteiger partial charge < -0.3 is 59.9 Å². The number of nitrogen functional groups attached to an aromatic ring is 2. The van der Waals surface area contributed by atoms with Gasteiger partial charge in [0.25, 0.3) is 0 Å². The van der Waals surface area contributed by atoms with Crippen LogP contribution in [0, 0.1) is 0 Å². The van der Waals surface area contributed by atoms with Gasteiger partial charge in [-0.3, -0.25) is 0 Å². The van der Waals surface area contributed by atoms with Crippen molar-refractivity contribution in [3.63, 3.8) is 0 Å². The van der Waals surface area contributed by atoms with Gasteiger partial charge >= 0.3 is 17.4 Å². The Labute approximate surface area is 167 Å². The molecule has 0 unspecified atom stereocenters. The maximum atomic E-state index is 9.59. The molecule has 0 aromatic carbocycles. The summed E-state index contributed by atoms with van der Waals surface area (Å²) in [6.45, 7) is -0.929. The number of thiazole rings is 2. The van der Waals surface area contributed by atoms with Gasteiger partial charge in [0.15, 0.2) is 10.3 Å². The summed E-state index contributed by atoms with van der Waals surface area (Å²) in [4.78, 5) is 27.3. The summed E-state index contributed by atoms with van der Waals surface area (Å²) in [6, 6.07) is 0. The van der Waals surface area contributed by atoms with Crippen molar-refractivity contribution < 1.29 is 60.5 Å². The number of aromatic nitrogens is 2. The number of carboxylic acids is 2. The zero-order valence-corrected chi connectivity index (χ0v) is 16.1. The van der Waals surface area contributed by atoms with Gasteiger partial charge in [-0.05, 0) is 0 Å². The Morgan fingerprint density at radius 2 is 1.32 bits per heavy atom. The van der Waals surface area contributed by atoms with Gasteiger partial charge in [0.1, 0.15) is 11.4 Å². The van der Waals surface area contributed by atoms with E-state index in [0.29, 0.717) is 10.3 Å². The quantitative estimate of drug-likeness (QED) is 0.364. The number of nitrogens with one attached hydrogen (secondary N) is 1. The van der Waals surface area contributed by atoms with Crippen LogP contribution in [0.25, 0.3) is 11.4 Å². The van der Waals surface area contributed by atoms with Crippen molar-refractivity contribution >= 4 is 44.9 Å². The summed E-state index contributed by atoms with van der Waals surface area (Å²) in [5, 5.41) is 26.1. The molecule has 0 saturated heterocycles. The summed E-state index contributed by atoms with van der Waals surface area (Å²) in [6.07, 6.45) is 0. The first kappa shape index (κ1) is 31.3. The minimum Gasteiger partial charge on any atom is -1.00 e. The fourth-order valence-corrected chi connectivity index (χ4v) is 2.19. The Bertz CT molecular complexity index is 576. The maximum absolute atomic E-state index is 9.59. The van der Waals surface area contributed by atoms with Crippen molar-refractivity contribution in [2.75, 3.05) is 24.6 Å². The van der Waals surface area contributed by atoms with Crippen LogP contribution in [0.5, 0.6) is 0 Å². The van der Waals surface area contributed by atoms with Crippen LogP contribution in [0.1, 0.15) is 0 Å². The molecule has 2 aromatic rings. The molecule has 0 aliphatic rings. The molecule has 15 heteroatoms. The number of anilines is 2. The third kappa shape index (κ3) is 13.5. The third-order valence-electron chi connectivity index (χ3n) is 1.85. The van der Waals surface area contributed by atoms with Crippen LogP contribution in [-0.4, -0.2) is 40.5 Å². The Balaban J connectivity index is -0.000000157. The zero-order chi connectivity index (χ0) is 15.8. The number of halogens is 1. The van der Waals surface area contributed by atoms with Crippen LogP contribution in [0.2, 0.25) is 0 Å². The van der Waals surface area contributed by atoms with Crippen LogP contribution in [0.3, 0.4) is 0 Å². The second-order valence-electron chi connectivity index (χ2n) is 3.49.